The minimum atomic E-state index is -3.81. The zero-order chi connectivity index (χ0) is 52.0. The first-order valence-electron chi connectivity index (χ1n) is 23.9. The van der Waals surface area contributed by atoms with Crippen molar-refractivity contribution in [2.75, 3.05) is 98.9 Å². The smallest absolute Gasteiger partial charge is 0.252 e. The average molecular weight is 1100 g/mol. The molecule has 0 bridgehead atoms. The number of nitrogens with zero attached hydrogens (tertiary/aromatic N) is 2. The Morgan fingerprint density at radius 1 is 0.667 bits per heavy atom. The number of nitrogens with one attached hydrogen (secondary N) is 2. The average Bonchev–Trinajstić information content (AvgIpc) is 3.34. The van der Waals surface area contributed by atoms with Gasteiger partial charge < -0.3 is 44.3 Å². The summed E-state index contributed by atoms with van der Waals surface area (Å²) < 4.78 is 77.4. The topological polar surface area (TPSA) is 210 Å². The van der Waals surface area contributed by atoms with Gasteiger partial charge in [0.2, 0.25) is 10.0 Å². The number of carbonyl (C=O) groups is 2. The van der Waals surface area contributed by atoms with Gasteiger partial charge in [-0.15, -0.1) is 0 Å². The molecule has 4 aromatic rings. The SMILES string of the molecule is Cc1cc(Cl)cc2c1CN(C)CC2c1cccc(S(=O)(=O)NCCOCCOCCCC(=O)C(O)C(O)C(=O)NCCOCCOCCCS(=O)(=O)c2cccc(C3CN(C)Cc4c(Cl)cc(Cl)cc43)c2)c1. The number of amides is 1. The first kappa shape index (κ1) is 57.7. The second-order valence-electron chi connectivity index (χ2n) is 18.2. The molecule has 394 valence electrons. The normalized spacial score (nSPS) is 17.3. The molecule has 0 saturated carbocycles. The molecule has 0 aromatic heterocycles. The number of hydrogen-bond acceptors (Lipinski definition) is 14. The monoisotopic (exact) mass is 1090 g/mol. The van der Waals surface area contributed by atoms with Crippen LogP contribution in [-0.2, 0) is 61.5 Å². The van der Waals surface area contributed by atoms with E-state index in [1.807, 2.05) is 51.4 Å². The molecule has 2 aliphatic heterocycles. The molecule has 0 radical (unpaired) electrons. The summed E-state index contributed by atoms with van der Waals surface area (Å²) >= 11 is 19.3. The van der Waals surface area contributed by atoms with E-state index in [9.17, 15) is 36.6 Å². The number of ketones is 1. The van der Waals surface area contributed by atoms with Crippen molar-refractivity contribution in [1.29, 1.82) is 0 Å². The zero-order valence-corrected chi connectivity index (χ0v) is 44.7. The molecule has 4 N–H and O–H groups in total. The third-order valence-corrected chi connectivity index (χ3v) is 16.6. The summed E-state index contributed by atoms with van der Waals surface area (Å²) in [5.74, 6) is -1.90. The van der Waals surface area contributed by atoms with Crippen molar-refractivity contribution in [3.05, 3.63) is 127 Å². The Kier molecular flexibility index (Phi) is 21.9. The van der Waals surface area contributed by atoms with Crippen LogP contribution in [0.1, 0.15) is 70.0 Å². The number of benzene rings is 4. The van der Waals surface area contributed by atoms with Gasteiger partial charge in [-0.25, -0.2) is 21.6 Å². The summed E-state index contributed by atoms with van der Waals surface area (Å²) in [6.45, 7) is 6.15. The maximum atomic E-state index is 13.3. The summed E-state index contributed by atoms with van der Waals surface area (Å²) in [4.78, 5) is 29.5. The molecule has 0 spiro atoms. The van der Waals surface area contributed by atoms with E-state index in [0.29, 0.717) is 28.2 Å². The van der Waals surface area contributed by atoms with Crippen molar-refractivity contribution in [3.8, 4) is 0 Å². The molecule has 0 saturated heterocycles. The number of aliphatic hydroxyl groups excluding tert-OH is 2. The van der Waals surface area contributed by atoms with E-state index in [0.717, 1.165) is 46.5 Å². The standard InChI is InChI=1S/C51H65Cl3N4O12S2/c1-34-24-37(52)27-41-43(34)30-57(2)31-44(41)36-9-5-11-40(26-36)72(65,66)56-14-18-70-22-19-67-15-6-12-48(59)49(60)50(61)51(62)55-13-17-69-21-20-68-16-7-23-71(63,64)39-10-4-8-35(25-39)45-32-58(3)33-46-42(45)28-38(53)29-47(46)54/h4-5,8-11,24-29,44-45,49-50,56,60-61H,6-7,12-23,30-33H2,1-3H3,(H,55,62). The summed E-state index contributed by atoms with van der Waals surface area (Å²) in [6.07, 6.45) is -3.55. The third kappa shape index (κ3) is 16.2. The number of sulfonamides is 1. The number of likely N-dealkylation sites (N-methyl/N-ethyl adjacent to an activating group) is 2. The summed E-state index contributed by atoms with van der Waals surface area (Å²) in [5, 5.41) is 24.7. The van der Waals surface area contributed by atoms with Crippen LogP contribution in [0.25, 0.3) is 0 Å². The molecule has 2 aliphatic rings. The lowest BCUT2D eigenvalue weighted by molar-refractivity contribution is -0.145. The van der Waals surface area contributed by atoms with Crippen LogP contribution in [0.5, 0.6) is 0 Å². The lowest BCUT2D eigenvalue weighted by Crippen LogP contribution is -2.46. The molecule has 4 unspecified atom stereocenters. The van der Waals surface area contributed by atoms with Gasteiger partial charge in [-0.3, -0.25) is 9.59 Å². The lowest BCUT2D eigenvalue weighted by atomic mass is 9.83. The van der Waals surface area contributed by atoms with Crippen LogP contribution in [0.3, 0.4) is 0 Å². The highest BCUT2D eigenvalue weighted by molar-refractivity contribution is 7.91. The Morgan fingerprint density at radius 3 is 1.83 bits per heavy atom. The number of rotatable bonds is 28. The largest absolute Gasteiger partial charge is 0.382 e. The molecular formula is C51H65Cl3N4O12S2. The first-order chi connectivity index (χ1) is 34.3. The number of ether oxygens (including phenoxy) is 4. The molecule has 0 aliphatic carbocycles. The molecule has 72 heavy (non-hydrogen) atoms. The number of sulfone groups is 1. The fraction of sp³-hybridized carbons (Fsp3) is 0.490. The predicted octanol–water partition coefficient (Wildman–Crippen LogP) is 5.51. The molecule has 6 rings (SSSR count). The van der Waals surface area contributed by atoms with E-state index in [1.165, 1.54) is 5.56 Å². The van der Waals surface area contributed by atoms with E-state index in [2.05, 4.69) is 19.8 Å². The fourth-order valence-corrected chi connectivity index (χ4v) is 12.2. The summed E-state index contributed by atoms with van der Waals surface area (Å²) in [7, 11) is -3.37. The Labute approximate surface area is 438 Å². The van der Waals surface area contributed by atoms with Crippen LogP contribution in [0, 0.1) is 6.92 Å². The molecule has 1 amide bonds. The van der Waals surface area contributed by atoms with Crippen LogP contribution in [0.4, 0.5) is 0 Å². The molecular weight excluding hydrogens is 1030 g/mol. The second kappa shape index (κ2) is 27.3. The maximum Gasteiger partial charge on any atom is 0.252 e. The maximum absolute atomic E-state index is 13.3. The van der Waals surface area contributed by atoms with E-state index in [-0.39, 0.29) is 113 Å². The number of fused-ring (bicyclic) bond motifs is 2. The number of aryl methyl sites for hydroxylation is 1. The highest BCUT2D eigenvalue weighted by atomic mass is 35.5. The van der Waals surface area contributed by atoms with Crippen molar-refractivity contribution in [1.82, 2.24) is 19.8 Å². The first-order valence-corrected chi connectivity index (χ1v) is 28.1. The highest BCUT2D eigenvalue weighted by Gasteiger charge is 2.31. The lowest BCUT2D eigenvalue weighted by Gasteiger charge is -2.34. The van der Waals surface area contributed by atoms with Crippen molar-refractivity contribution in [2.24, 2.45) is 0 Å². The molecule has 4 atom stereocenters. The van der Waals surface area contributed by atoms with Gasteiger partial charge in [-0.05, 0) is 121 Å². The quantitative estimate of drug-likeness (QED) is 0.0518. The van der Waals surface area contributed by atoms with Crippen LogP contribution >= 0.6 is 34.8 Å². The highest BCUT2D eigenvalue weighted by Crippen LogP contribution is 2.40. The van der Waals surface area contributed by atoms with Gasteiger partial charge in [-0.2, -0.15) is 0 Å². The Morgan fingerprint density at radius 2 is 1.19 bits per heavy atom. The molecule has 16 nitrogen and oxygen atoms in total. The van der Waals surface area contributed by atoms with Crippen LogP contribution in [-0.4, -0.2) is 160 Å². The van der Waals surface area contributed by atoms with E-state index in [1.54, 1.807) is 42.5 Å². The van der Waals surface area contributed by atoms with Gasteiger partial charge in [0.15, 0.2) is 21.7 Å². The van der Waals surface area contributed by atoms with Crippen LogP contribution < -0.4 is 10.0 Å². The van der Waals surface area contributed by atoms with Gasteiger partial charge in [0.1, 0.15) is 6.10 Å². The minimum Gasteiger partial charge on any atom is -0.382 e. The number of hydrogen-bond donors (Lipinski definition) is 4. The fourth-order valence-electron chi connectivity index (χ4n) is 8.92. The predicted molar refractivity (Wildman–Crippen MR) is 276 cm³/mol. The summed E-state index contributed by atoms with van der Waals surface area (Å²) in [5.41, 5.74) is 7.13. The molecule has 0 fully saturated rings. The van der Waals surface area contributed by atoms with Gasteiger partial charge in [0.05, 0.1) is 55.2 Å². The summed E-state index contributed by atoms with van der Waals surface area (Å²) in [6, 6.07) is 21.5. The zero-order valence-electron chi connectivity index (χ0n) is 40.8. The van der Waals surface area contributed by atoms with Crippen LogP contribution in [0.2, 0.25) is 15.1 Å². The van der Waals surface area contributed by atoms with Crippen molar-refractivity contribution in [3.63, 3.8) is 0 Å². The van der Waals surface area contributed by atoms with E-state index >= 15 is 0 Å². The Hall–Kier alpha value is -3.57. The number of halogens is 3. The van der Waals surface area contributed by atoms with Crippen molar-refractivity contribution in [2.45, 2.75) is 73.1 Å². The molecule has 21 heteroatoms. The van der Waals surface area contributed by atoms with Crippen molar-refractivity contribution >= 4 is 66.4 Å². The van der Waals surface area contributed by atoms with Gasteiger partial charge in [0.25, 0.3) is 5.91 Å². The molecule has 2 heterocycles. The van der Waals surface area contributed by atoms with E-state index < -0.39 is 43.8 Å². The Bertz CT molecular complexity index is 2530. The van der Waals surface area contributed by atoms with Gasteiger partial charge in [0, 0.05) is 85.8 Å². The van der Waals surface area contributed by atoms with E-state index in [4.69, 9.17) is 53.8 Å². The van der Waals surface area contributed by atoms with Crippen LogP contribution in [0.15, 0.2) is 82.6 Å². The second-order valence-corrected chi connectivity index (χ2v) is 23.3. The number of Topliss-reactive ketones (excluding diaryl/α,β-unsaturated/α-hetero) is 1. The van der Waals surface area contributed by atoms with Gasteiger partial charge >= 0.3 is 0 Å². The number of carbonyl (C=O) groups excluding carboxylic acids is 2. The molecule has 4 aromatic carbocycles. The minimum absolute atomic E-state index is 0.00288. The Balaban J connectivity index is 0.770. The number of aliphatic hydroxyl groups is 2. The van der Waals surface area contributed by atoms with Crippen molar-refractivity contribution < 1.29 is 55.6 Å². The van der Waals surface area contributed by atoms with Gasteiger partial charge in [-0.1, -0.05) is 59.1 Å². The third-order valence-electron chi connectivity index (χ3n) is 12.6.